The van der Waals surface area contributed by atoms with Gasteiger partial charge in [-0.2, -0.15) is 0 Å². The molecule has 0 aromatic heterocycles. The number of hydrogen-bond acceptors (Lipinski definition) is 4. The van der Waals surface area contributed by atoms with Gasteiger partial charge in [0.2, 0.25) is 0 Å². The number of carbonyl (C=O) groups is 2. The van der Waals surface area contributed by atoms with E-state index in [4.69, 9.17) is 4.74 Å². The SMILES string of the molecule is C=CCSCC(=O)CC(=O)OCC(C)C. The van der Waals surface area contributed by atoms with Crippen molar-refractivity contribution < 1.29 is 14.3 Å². The molecular formula is C11H18O3S. The Morgan fingerprint density at radius 1 is 1.47 bits per heavy atom. The maximum Gasteiger partial charge on any atom is 0.313 e. The highest BCUT2D eigenvalue weighted by Crippen LogP contribution is 2.03. The van der Waals surface area contributed by atoms with Crippen molar-refractivity contribution >= 4 is 23.5 Å². The lowest BCUT2D eigenvalue weighted by Crippen LogP contribution is -2.15. The average Bonchev–Trinajstić information content (AvgIpc) is 2.15. The number of carbonyl (C=O) groups excluding carboxylic acids is 2. The molecule has 0 aliphatic rings. The number of hydrogen-bond donors (Lipinski definition) is 0. The lowest BCUT2D eigenvalue weighted by molar-refractivity contribution is -0.146. The first-order valence-electron chi connectivity index (χ1n) is 4.92. The van der Waals surface area contributed by atoms with Crippen LogP contribution in [0.2, 0.25) is 0 Å². The van der Waals surface area contributed by atoms with E-state index < -0.39 is 5.97 Å². The summed E-state index contributed by atoms with van der Waals surface area (Å²) in [5, 5.41) is 0. The first-order chi connectivity index (χ1) is 7.06. The van der Waals surface area contributed by atoms with Gasteiger partial charge in [-0.1, -0.05) is 19.9 Å². The van der Waals surface area contributed by atoms with Crippen LogP contribution in [-0.2, 0) is 14.3 Å². The van der Waals surface area contributed by atoms with Crippen molar-refractivity contribution in [3.05, 3.63) is 12.7 Å². The molecule has 0 heterocycles. The Labute approximate surface area is 95.3 Å². The van der Waals surface area contributed by atoms with Crippen LogP contribution in [0.4, 0.5) is 0 Å². The minimum atomic E-state index is -0.423. The second kappa shape index (κ2) is 8.53. The number of thioether (sulfide) groups is 1. The Morgan fingerprint density at radius 3 is 2.67 bits per heavy atom. The third-order valence-electron chi connectivity index (χ3n) is 1.42. The smallest absolute Gasteiger partial charge is 0.313 e. The number of Topliss-reactive ketones (excluding diaryl/α,β-unsaturated/α-hetero) is 1. The van der Waals surface area contributed by atoms with Gasteiger partial charge in [-0.3, -0.25) is 9.59 Å². The van der Waals surface area contributed by atoms with Crippen LogP contribution >= 0.6 is 11.8 Å². The summed E-state index contributed by atoms with van der Waals surface area (Å²) in [6, 6.07) is 0. The maximum absolute atomic E-state index is 11.2. The molecule has 0 N–H and O–H groups in total. The van der Waals surface area contributed by atoms with Gasteiger partial charge in [0.1, 0.15) is 6.42 Å². The molecule has 86 valence electrons. The summed E-state index contributed by atoms with van der Waals surface area (Å²) in [4.78, 5) is 22.3. The molecule has 0 fully saturated rings. The van der Waals surface area contributed by atoms with Crippen molar-refractivity contribution in [2.45, 2.75) is 20.3 Å². The zero-order chi connectivity index (χ0) is 11.7. The van der Waals surface area contributed by atoms with Gasteiger partial charge in [0.15, 0.2) is 5.78 Å². The fourth-order valence-corrected chi connectivity index (χ4v) is 1.39. The van der Waals surface area contributed by atoms with E-state index in [0.29, 0.717) is 18.3 Å². The van der Waals surface area contributed by atoms with Crippen LogP contribution in [0.3, 0.4) is 0 Å². The summed E-state index contributed by atoms with van der Waals surface area (Å²) in [6.07, 6.45) is 1.62. The minimum absolute atomic E-state index is 0.0874. The molecule has 0 aliphatic carbocycles. The monoisotopic (exact) mass is 230 g/mol. The Bertz CT molecular complexity index is 224. The highest BCUT2D eigenvalue weighted by atomic mass is 32.2. The summed E-state index contributed by atoms with van der Waals surface area (Å²) >= 11 is 1.45. The van der Waals surface area contributed by atoms with Crippen LogP contribution in [-0.4, -0.2) is 29.9 Å². The molecule has 0 bridgehead atoms. The van der Waals surface area contributed by atoms with Crippen molar-refractivity contribution in [1.82, 2.24) is 0 Å². The van der Waals surface area contributed by atoms with E-state index in [1.807, 2.05) is 13.8 Å². The third kappa shape index (κ3) is 9.53. The molecule has 0 saturated heterocycles. The summed E-state index contributed by atoms with van der Waals surface area (Å²) in [6.45, 7) is 7.83. The number of ketones is 1. The Kier molecular flexibility index (Phi) is 8.09. The van der Waals surface area contributed by atoms with Crippen LogP contribution < -0.4 is 0 Å². The zero-order valence-electron chi connectivity index (χ0n) is 9.32. The highest BCUT2D eigenvalue weighted by molar-refractivity contribution is 8.00. The van der Waals surface area contributed by atoms with E-state index in [9.17, 15) is 9.59 Å². The second-order valence-corrected chi connectivity index (χ2v) is 4.63. The molecule has 0 saturated carbocycles. The lowest BCUT2D eigenvalue weighted by atomic mass is 10.2. The van der Waals surface area contributed by atoms with Crippen molar-refractivity contribution in [1.29, 1.82) is 0 Å². The van der Waals surface area contributed by atoms with Crippen molar-refractivity contribution in [3.8, 4) is 0 Å². The molecule has 3 nitrogen and oxygen atoms in total. The fraction of sp³-hybridized carbons (Fsp3) is 0.636. The number of rotatable bonds is 8. The zero-order valence-corrected chi connectivity index (χ0v) is 10.1. The van der Waals surface area contributed by atoms with Crippen LogP contribution in [0.15, 0.2) is 12.7 Å². The van der Waals surface area contributed by atoms with Gasteiger partial charge in [-0.05, 0) is 5.92 Å². The van der Waals surface area contributed by atoms with Gasteiger partial charge >= 0.3 is 5.97 Å². The van der Waals surface area contributed by atoms with Crippen molar-refractivity contribution in [2.75, 3.05) is 18.1 Å². The number of ether oxygens (including phenoxy) is 1. The molecule has 0 aliphatic heterocycles. The maximum atomic E-state index is 11.2. The van der Waals surface area contributed by atoms with E-state index in [-0.39, 0.29) is 12.2 Å². The van der Waals surface area contributed by atoms with Crippen molar-refractivity contribution in [2.24, 2.45) is 5.92 Å². The van der Waals surface area contributed by atoms with Gasteiger partial charge in [-0.25, -0.2) is 0 Å². The van der Waals surface area contributed by atoms with Gasteiger partial charge < -0.3 is 4.74 Å². The van der Waals surface area contributed by atoms with Crippen LogP contribution in [0.5, 0.6) is 0 Å². The normalized spacial score (nSPS) is 10.1. The Balaban J connectivity index is 3.57. The molecule has 0 atom stereocenters. The van der Waals surface area contributed by atoms with Crippen LogP contribution in [0, 0.1) is 5.92 Å². The summed E-state index contributed by atoms with van der Waals surface area (Å²) < 4.78 is 4.89. The first-order valence-corrected chi connectivity index (χ1v) is 6.07. The lowest BCUT2D eigenvalue weighted by Gasteiger charge is -2.06. The molecule has 0 radical (unpaired) electrons. The van der Waals surface area contributed by atoms with Gasteiger partial charge in [0.05, 0.1) is 12.4 Å². The van der Waals surface area contributed by atoms with E-state index in [2.05, 4.69) is 6.58 Å². The predicted molar refractivity (Wildman–Crippen MR) is 62.9 cm³/mol. The molecule has 15 heavy (non-hydrogen) atoms. The molecule has 0 rings (SSSR count). The molecule has 4 heteroatoms. The van der Waals surface area contributed by atoms with Gasteiger partial charge in [-0.15, -0.1) is 18.3 Å². The quantitative estimate of drug-likeness (QED) is 0.277. The Morgan fingerprint density at radius 2 is 2.13 bits per heavy atom. The molecular weight excluding hydrogens is 212 g/mol. The number of esters is 1. The van der Waals surface area contributed by atoms with E-state index >= 15 is 0 Å². The minimum Gasteiger partial charge on any atom is -0.465 e. The van der Waals surface area contributed by atoms with Gasteiger partial charge in [0.25, 0.3) is 0 Å². The summed E-state index contributed by atoms with van der Waals surface area (Å²) in [5.74, 6) is 0.873. The highest BCUT2D eigenvalue weighted by Gasteiger charge is 2.10. The first kappa shape index (κ1) is 14.2. The largest absolute Gasteiger partial charge is 0.465 e. The topological polar surface area (TPSA) is 43.4 Å². The predicted octanol–water partition coefficient (Wildman–Crippen LogP) is 2.06. The van der Waals surface area contributed by atoms with E-state index in [1.54, 1.807) is 6.08 Å². The summed E-state index contributed by atoms with van der Waals surface area (Å²) in [7, 11) is 0. The van der Waals surface area contributed by atoms with Crippen molar-refractivity contribution in [3.63, 3.8) is 0 Å². The van der Waals surface area contributed by atoms with E-state index in [1.165, 1.54) is 11.8 Å². The standard InChI is InChI=1S/C11H18O3S/c1-4-5-15-8-10(12)6-11(13)14-7-9(2)3/h4,9H,1,5-8H2,2-3H3. The molecule has 0 aromatic rings. The third-order valence-corrected chi connectivity index (χ3v) is 2.42. The van der Waals surface area contributed by atoms with Gasteiger partial charge in [0, 0.05) is 5.75 Å². The Hall–Kier alpha value is -0.770. The average molecular weight is 230 g/mol. The van der Waals surface area contributed by atoms with Crippen LogP contribution in [0.1, 0.15) is 20.3 Å². The fourth-order valence-electron chi connectivity index (χ4n) is 0.779. The molecule has 0 spiro atoms. The molecule has 0 aromatic carbocycles. The van der Waals surface area contributed by atoms with E-state index in [0.717, 1.165) is 5.75 Å². The second-order valence-electron chi connectivity index (χ2n) is 3.60. The van der Waals surface area contributed by atoms with Crippen LogP contribution in [0.25, 0.3) is 0 Å². The molecule has 0 unspecified atom stereocenters. The summed E-state index contributed by atoms with van der Waals surface area (Å²) in [5.41, 5.74) is 0. The molecule has 0 amide bonds.